The van der Waals surface area contributed by atoms with E-state index in [0.29, 0.717) is 43.0 Å². The average Bonchev–Trinajstić information content (AvgIpc) is 3.09. The Morgan fingerprint density at radius 3 is 2.85 bits per heavy atom. The highest BCUT2D eigenvalue weighted by Gasteiger charge is 2.15. The number of nitrogens with zero attached hydrogens (tertiary/aromatic N) is 4. The Morgan fingerprint density at radius 1 is 1.33 bits per heavy atom. The van der Waals surface area contributed by atoms with Crippen molar-refractivity contribution >= 4 is 17.1 Å². The van der Waals surface area contributed by atoms with Gasteiger partial charge in [0.15, 0.2) is 11.2 Å². The minimum atomic E-state index is -0.394. The third-order valence-corrected chi connectivity index (χ3v) is 4.42. The van der Waals surface area contributed by atoms with Crippen LogP contribution >= 0.6 is 0 Å². The van der Waals surface area contributed by atoms with Crippen LogP contribution in [0.25, 0.3) is 11.2 Å². The van der Waals surface area contributed by atoms with Crippen LogP contribution in [-0.4, -0.2) is 35.3 Å². The number of aromatic amines is 1. The molecule has 0 aliphatic heterocycles. The van der Waals surface area contributed by atoms with Gasteiger partial charge in [-0.3, -0.25) is 18.9 Å². The molecule has 9 heteroatoms. The number of unbranched alkanes of at least 4 members (excludes halogenated alkanes) is 1. The van der Waals surface area contributed by atoms with Gasteiger partial charge >= 0.3 is 5.69 Å². The number of H-pyrrole nitrogens is 1. The zero-order chi connectivity index (χ0) is 19.4. The van der Waals surface area contributed by atoms with E-state index in [1.807, 2.05) is 12.1 Å². The van der Waals surface area contributed by atoms with Gasteiger partial charge < -0.3 is 15.4 Å². The molecule has 0 bridgehead atoms. The molecule has 0 aliphatic carbocycles. The summed E-state index contributed by atoms with van der Waals surface area (Å²) in [5, 5.41) is 12.4. The molecule has 0 amide bonds. The van der Waals surface area contributed by atoms with Gasteiger partial charge in [0.1, 0.15) is 0 Å². The van der Waals surface area contributed by atoms with E-state index < -0.39 is 5.69 Å². The molecule has 0 fully saturated rings. The van der Waals surface area contributed by atoms with Crippen LogP contribution in [-0.2, 0) is 20.1 Å². The fourth-order valence-electron chi connectivity index (χ4n) is 2.93. The summed E-state index contributed by atoms with van der Waals surface area (Å²) < 4.78 is 2.59. The molecule has 1 unspecified atom stereocenters. The van der Waals surface area contributed by atoms with E-state index in [4.69, 9.17) is 0 Å². The second kappa shape index (κ2) is 8.17. The molecule has 144 valence electrons. The van der Waals surface area contributed by atoms with Crippen molar-refractivity contribution in [1.82, 2.24) is 24.1 Å². The molecule has 0 spiro atoms. The minimum Gasteiger partial charge on any atom is -0.393 e. The molecular formula is C18H24N6O3. The van der Waals surface area contributed by atoms with E-state index in [1.54, 1.807) is 26.4 Å². The Morgan fingerprint density at radius 2 is 2.15 bits per heavy atom. The number of aryl methyl sites for hydroxylation is 1. The van der Waals surface area contributed by atoms with Crippen molar-refractivity contribution in [2.24, 2.45) is 7.05 Å². The van der Waals surface area contributed by atoms with Gasteiger partial charge in [-0.05, 0) is 37.8 Å². The summed E-state index contributed by atoms with van der Waals surface area (Å²) in [4.78, 5) is 36.6. The molecule has 0 saturated heterocycles. The Labute approximate surface area is 155 Å². The van der Waals surface area contributed by atoms with Crippen LogP contribution in [0.1, 0.15) is 31.7 Å². The topological polar surface area (TPSA) is 118 Å². The molecular weight excluding hydrogens is 348 g/mol. The lowest BCUT2D eigenvalue weighted by Crippen LogP contribution is -2.39. The van der Waals surface area contributed by atoms with E-state index in [1.165, 1.54) is 9.13 Å². The SMILES string of the molecule is CC(O)CCCCn1c(=O)c2[nH]c(NCc3cccnc3)nc2n(C)c1=O. The standard InChI is InChI=1S/C18H24N6O3/c1-12(25)6-3-4-9-24-16(26)14-15(23(2)18(24)27)22-17(21-14)20-11-13-7-5-8-19-10-13/h5,7-8,10,12,25H,3-4,6,9,11H2,1-2H3,(H2,20,21,22). The molecule has 0 aliphatic rings. The Bertz CT molecular complexity index is 1020. The van der Waals surface area contributed by atoms with Crippen molar-refractivity contribution < 1.29 is 5.11 Å². The number of nitrogens with one attached hydrogen (secondary N) is 2. The lowest BCUT2D eigenvalue weighted by atomic mass is 10.2. The Balaban J connectivity index is 1.83. The number of fused-ring (bicyclic) bond motifs is 1. The maximum absolute atomic E-state index is 12.7. The predicted octanol–water partition coefficient (Wildman–Crippen LogP) is 0.981. The number of imidazole rings is 1. The fraction of sp³-hybridized carbons (Fsp3) is 0.444. The van der Waals surface area contributed by atoms with Gasteiger partial charge in [-0.15, -0.1) is 0 Å². The van der Waals surface area contributed by atoms with Crippen LogP contribution < -0.4 is 16.6 Å². The molecule has 0 saturated carbocycles. The van der Waals surface area contributed by atoms with Gasteiger partial charge in [-0.1, -0.05) is 6.07 Å². The highest BCUT2D eigenvalue weighted by atomic mass is 16.3. The highest BCUT2D eigenvalue weighted by molar-refractivity contribution is 5.72. The van der Waals surface area contributed by atoms with Crippen molar-refractivity contribution in [3.8, 4) is 0 Å². The monoisotopic (exact) mass is 372 g/mol. The van der Waals surface area contributed by atoms with E-state index >= 15 is 0 Å². The number of aromatic nitrogens is 5. The molecule has 27 heavy (non-hydrogen) atoms. The predicted molar refractivity (Wildman–Crippen MR) is 103 cm³/mol. The molecule has 3 aromatic heterocycles. The number of anilines is 1. The van der Waals surface area contributed by atoms with Crippen molar-refractivity contribution in [2.75, 3.05) is 5.32 Å². The maximum atomic E-state index is 12.7. The van der Waals surface area contributed by atoms with Gasteiger partial charge in [-0.2, -0.15) is 4.98 Å². The van der Waals surface area contributed by atoms with Gasteiger partial charge in [0.2, 0.25) is 5.95 Å². The smallest absolute Gasteiger partial charge is 0.332 e. The minimum absolute atomic E-state index is 0.293. The number of hydrogen-bond donors (Lipinski definition) is 3. The van der Waals surface area contributed by atoms with Crippen LogP contribution in [0.2, 0.25) is 0 Å². The van der Waals surface area contributed by atoms with Crippen molar-refractivity contribution in [2.45, 2.75) is 45.4 Å². The van der Waals surface area contributed by atoms with Crippen LogP contribution in [0.15, 0.2) is 34.1 Å². The van der Waals surface area contributed by atoms with Crippen LogP contribution in [0.3, 0.4) is 0 Å². The molecule has 0 radical (unpaired) electrons. The third kappa shape index (κ3) is 4.25. The van der Waals surface area contributed by atoms with Gasteiger partial charge in [0, 0.05) is 32.5 Å². The van der Waals surface area contributed by atoms with Gasteiger partial charge in [-0.25, -0.2) is 4.79 Å². The largest absolute Gasteiger partial charge is 0.393 e. The fourth-order valence-corrected chi connectivity index (χ4v) is 2.93. The van der Waals surface area contributed by atoms with E-state index in [9.17, 15) is 14.7 Å². The van der Waals surface area contributed by atoms with E-state index in [-0.39, 0.29) is 11.7 Å². The number of aliphatic hydroxyl groups is 1. The van der Waals surface area contributed by atoms with E-state index in [2.05, 4.69) is 20.3 Å². The van der Waals surface area contributed by atoms with E-state index in [0.717, 1.165) is 12.0 Å². The zero-order valence-corrected chi connectivity index (χ0v) is 15.5. The summed E-state index contributed by atoms with van der Waals surface area (Å²) in [6.45, 7) is 2.53. The average molecular weight is 372 g/mol. The summed E-state index contributed by atoms with van der Waals surface area (Å²) >= 11 is 0. The summed E-state index contributed by atoms with van der Waals surface area (Å²) in [5.41, 5.74) is 0.810. The lowest BCUT2D eigenvalue weighted by molar-refractivity contribution is 0.180. The molecule has 0 aromatic carbocycles. The lowest BCUT2D eigenvalue weighted by Gasteiger charge is -2.08. The first kappa shape index (κ1) is 18.8. The summed E-state index contributed by atoms with van der Waals surface area (Å²) in [5.74, 6) is 0.424. The van der Waals surface area contributed by atoms with Crippen LogP contribution in [0.5, 0.6) is 0 Å². The number of aliphatic hydroxyl groups excluding tert-OH is 1. The summed E-state index contributed by atoms with van der Waals surface area (Å²) in [7, 11) is 1.60. The Kier molecular flexibility index (Phi) is 5.70. The van der Waals surface area contributed by atoms with Crippen LogP contribution in [0.4, 0.5) is 5.95 Å². The zero-order valence-electron chi connectivity index (χ0n) is 15.5. The first-order chi connectivity index (χ1) is 13.0. The second-order valence-corrected chi connectivity index (χ2v) is 6.64. The van der Waals surface area contributed by atoms with Crippen molar-refractivity contribution in [1.29, 1.82) is 0 Å². The van der Waals surface area contributed by atoms with Gasteiger partial charge in [0.05, 0.1) is 6.10 Å². The van der Waals surface area contributed by atoms with Crippen LogP contribution in [0, 0.1) is 0 Å². The van der Waals surface area contributed by atoms with Crippen molar-refractivity contribution in [3.05, 3.63) is 50.9 Å². The normalized spacial score (nSPS) is 12.4. The summed E-state index contributed by atoms with van der Waals surface area (Å²) in [6.07, 6.45) is 5.09. The maximum Gasteiger partial charge on any atom is 0.332 e. The molecule has 1 atom stereocenters. The second-order valence-electron chi connectivity index (χ2n) is 6.64. The summed E-state index contributed by atoms with van der Waals surface area (Å²) in [6, 6.07) is 3.77. The quantitative estimate of drug-likeness (QED) is 0.507. The molecule has 3 N–H and O–H groups in total. The molecule has 3 heterocycles. The highest BCUT2D eigenvalue weighted by Crippen LogP contribution is 2.10. The molecule has 3 aromatic rings. The van der Waals surface area contributed by atoms with Gasteiger partial charge in [0.25, 0.3) is 5.56 Å². The number of hydrogen-bond acceptors (Lipinski definition) is 6. The first-order valence-electron chi connectivity index (χ1n) is 8.97. The third-order valence-electron chi connectivity index (χ3n) is 4.42. The van der Waals surface area contributed by atoms with Crippen molar-refractivity contribution in [3.63, 3.8) is 0 Å². The number of pyridine rings is 1. The first-order valence-corrected chi connectivity index (χ1v) is 8.97. The number of rotatable bonds is 8. The molecule has 3 rings (SSSR count). The Hall–Kier alpha value is -2.94. The molecule has 9 nitrogen and oxygen atoms in total.